The molecule has 2 fully saturated rings. The highest BCUT2D eigenvalue weighted by atomic mass is 16.5. The van der Waals surface area contributed by atoms with E-state index in [0.29, 0.717) is 68.6 Å². The summed E-state index contributed by atoms with van der Waals surface area (Å²) >= 11 is 0. The van der Waals surface area contributed by atoms with Gasteiger partial charge in [-0.2, -0.15) is 0 Å². The van der Waals surface area contributed by atoms with E-state index in [1.165, 1.54) is 0 Å². The van der Waals surface area contributed by atoms with Gasteiger partial charge in [0.15, 0.2) is 11.5 Å². The van der Waals surface area contributed by atoms with Crippen LogP contribution in [0.25, 0.3) is 5.76 Å². The molecule has 5 rings (SSSR count). The molecule has 0 spiro atoms. The van der Waals surface area contributed by atoms with Crippen molar-refractivity contribution in [2.45, 2.75) is 45.8 Å². The first kappa shape index (κ1) is 28.0. The van der Waals surface area contributed by atoms with Gasteiger partial charge in [-0.05, 0) is 61.7 Å². The molecule has 0 aliphatic carbocycles. The van der Waals surface area contributed by atoms with Gasteiger partial charge in [-0.25, -0.2) is 0 Å². The summed E-state index contributed by atoms with van der Waals surface area (Å²) in [5.74, 6) is 0.404. The number of likely N-dealkylation sites (tertiary alicyclic amines) is 1. The fraction of sp³-hybridized carbons (Fsp3) is 0.484. The Kier molecular flexibility index (Phi) is 8.61. The summed E-state index contributed by atoms with van der Waals surface area (Å²) in [7, 11) is 0. The molecule has 2 saturated heterocycles. The van der Waals surface area contributed by atoms with Crippen LogP contribution in [-0.2, 0) is 20.7 Å². The van der Waals surface area contributed by atoms with Crippen molar-refractivity contribution in [3.05, 3.63) is 58.7 Å². The third-order valence-electron chi connectivity index (χ3n) is 7.52. The monoisotopic (exact) mass is 550 g/mol. The van der Waals surface area contributed by atoms with Gasteiger partial charge in [-0.15, -0.1) is 0 Å². The second-order valence-corrected chi connectivity index (χ2v) is 10.4. The summed E-state index contributed by atoms with van der Waals surface area (Å²) in [6.07, 6.45) is 1.60. The molecule has 1 N–H and O–H groups in total. The van der Waals surface area contributed by atoms with Crippen molar-refractivity contribution in [1.29, 1.82) is 0 Å². The first-order chi connectivity index (χ1) is 19.4. The molecule has 2 aromatic carbocycles. The summed E-state index contributed by atoms with van der Waals surface area (Å²) in [6.45, 7) is 10.6. The number of aliphatic hydroxyl groups excluding tert-OH is 1. The molecule has 9 heteroatoms. The third kappa shape index (κ3) is 5.67. The number of fused-ring (bicyclic) bond motifs is 1. The van der Waals surface area contributed by atoms with E-state index in [0.717, 1.165) is 30.8 Å². The van der Waals surface area contributed by atoms with Crippen molar-refractivity contribution in [2.24, 2.45) is 0 Å². The number of hydrogen-bond acceptors (Lipinski definition) is 8. The molecular formula is C31H38N2O7. The van der Waals surface area contributed by atoms with Crippen LogP contribution in [0.3, 0.4) is 0 Å². The van der Waals surface area contributed by atoms with Crippen molar-refractivity contribution in [3.63, 3.8) is 0 Å². The molecule has 1 amide bonds. The normalized spacial score (nSPS) is 22.3. The molecule has 2 aromatic rings. The maximum Gasteiger partial charge on any atom is 0.295 e. The smallest absolute Gasteiger partial charge is 0.295 e. The van der Waals surface area contributed by atoms with E-state index in [4.69, 9.17) is 18.9 Å². The van der Waals surface area contributed by atoms with Gasteiger partial charge in [0, 0.05) is 38.2 Å². The number of morpholine rings is 1. The minimum Gasteiger partial charge on any atom is -0.507 e. The van der Waals surface area contributed by atoms with E-state index in [1.54, 1.807) is 11.0 Å². The second kappa shape index (κ2) is 12.3. The van der Waals surface area contributed by atoms with Gasteiger partial charge in [-0.1, -0.05) is 13.0 Å². The van der Waals surface area contributed by atoms with E-state index in [2.05, 4.69) is 4.90 Å². The van der Waals surface area contributed by atoms with Crippen molar-refractivity contribution < 1.29 is 33.6 Å². The highest BCUT2D eigenvalue weighted by Gasteiger charge is 2.46. The number of benzene rings is 2. The average molecular weight is 551 g/mol. The molecule has 0 aromatic heterocycles. The molecule has 0 unspecified atom stereocenters. The maximum atomic E-state index is 13.5. The van der Waals surface area contributed by atoms with Gasteiger partial charge in [0.25, 0.3) is 11.7 Å². The number of aliphatic hydroxyl groups is 1. The quantitative estimate of drug-likeness (QED) is 0.270. The number of carbonyl (C=O) groups excluding carboxylic acids is 2. The first-order valence-corrected chi connectivity index (χ1v) is 14.2. The highest BCUT2D eigenvalue weighted by Crippen LogP contribution is 2.43. The second-order valence-electron chi connectivity index (χ2n) is 10.4. The van der Waals surface area contributed by atoms with Crippen LogP contribution in [0.1, 0.15) is 49.9 Å². The number of nitrogens with zero attached hydrogens (tertiary/aromatic N) is 2. The van der Waals surface area contributed by atoms with Gasteiger partial charge < -0.3 is 29.0 Å². The largest absolute Gasteiger partial charge is 0.507 e. The van der Waals surface area contributed by atoms with E-state index in [9.17, 15) is 14.7 Å². The molecule has 3 heterocycles. The van der Waals surface area contributed by atoms with Gasteiger partial charge in [-0.3, -0.25) is 14.5 Å². The minimum absolute atomic E-state index is 0.0450. The number of carbonyl (C=O) groups is 2. The zero-order valence-electron chi connectivity index (χ0n) is 23.5. The topological polar surface area (TPSA) is 97.8 Å². The summed E-state index contributed by atoms with van der Waals surface area (Å²) in [4.78, 5) is 30.8. The highest BCUT2D eigenvalue weighted by molar-refractivity contribution is 6.46. The Labute approximate surface area is 235 Å². The van der Waals surface area contributed by atoms with Gasteiger partial charge in [0.1, 0.15) is 17.6 Å². The third-order valence-corrected chi connectivity index (χ3v) is 7.52. The van der Waals surface area contributed by atoms with Crippen LogP contribution >= 0.6 is 0 Å². The molecule has 0 saturated carbocycles. The van der Waals surface area contributed by atoms with E-state index in [-0.39, 0.29) is 17.4 Å². The van der Waals surface area contributed by atoms with Crippen molar-refractivity contribution in [1.82, 2.24) is 9.80 Å². The summed E-state index contributed by atoms with van der Waals surface area (Å²) in [5, 5.41) is 11.6. The summed E-state index contributed by atoms with van der Waals surface area (Å²) < 4.78 is 23.0. The fourth-order valence-electron chi connectivity index (χ4n) is 5.55. The maximum absolute atomic E-state index is 13.5. The van der Waals surface area contributed by atoms with E-state index in [1.807, 2.05) is 51.1 Å². The zero-order chi connectivity index (χ0) is 28.2. The Morgan fingerprint density at radius 3 is 2.58 bits per heavy atom. The molecule has 0 radical (unpaired) electrons. The lowest BCUT2D eigenvalue weighted by Gasteiger charge is -2.31. The number of hydrogen-bond donors (Lipinski definition) is 1. The minimum atomic E-state index is -0.774. The molecule has 214 valence electrons. The Morgan fingerprint density at radius 1 is 1.02 bits per heavy atom. The Hall–Kier alpha value is -3.56. The number of Topliss-reactive ketones (excluding diaryl/α,β-unsaturated/α-hetero) is 1. The fourth-order valence-corrected chi connectivity index (χ4v) is 5.55. The average Bonchev–Trinajstić information content (AvgIpc) is 3.46. The predicted molar refractivity (Wildman–Crippen MR) is 150 cm³/mol. The van der Waals surface area contributed by atoms with Crippen LogP contribution in [-0.4, -0.2) is 85.3 Å². The van der Waals surface area contributed by atoms with Crippen LogP contribution in [0.15, 0.2) is 42.0 Å². The van der Waals surface area contributed by atoms with E-state index < -0.39 is 17.7 Å². The molecule has 40 heavy (non-hydrogen) atoms. The standard InChI is InChI=1S/C31H38N2O7/c1-4-14-39-25-9-6-21(19-26(25)38-5-2)28-27(29(34)22-7-8-24-23(18-22)17-20(3)40-24)30(35)31(36)33(28)11-10-32-12-15-37-16-13-32/h6-9,18-20,28,34H,4-5,10-17H2,1-3H3/b29-27+/t20-,28-/m0/s1. The number of ether oxygens (including phenoxy) is 4. The van der Waals surface area contributed by atoms with Crippen LogP contribution < -0.4 is 14.2 Å². The van der Waals surface area contributed by atoms with Crippen molar-refractivity contribution >= 4 is 17.4 Å². The molecular weight excluding hydrogens is 512 g/mol. The van der Waals surface area contributed by atoms with Gasteiger partial charge in [0.05, 0.1) is 38.0 Å². The Bertz CT molecular complexity index is 1280. The van der Waals surface area contributed by atoms with Crippen LogP contribution in [0.5, 0.6) is 17.2 Å². The van der Waals surface area contributed by atoms with Gasteiger partial charge in [0.2, 0.25) is 0 Å². The van der Waals surface area contributed by atoms with Gasteiger partial charge >= 0.3 is 0 Å². The van der Waals surface area contributed by atoms with Crippen LogP contribution in [0.4, 0.5) is 0 Å². The lowest BCUT2D eigenvalue weighted by molar-refractivity contribution is -0.140. The lowest BCUT2D eigenvalue weighted by atomic mass is 9.94. The van der Waals surface area contributed by atoms with Crippen LogP contribution in [0.2, 0.25) is 0 Å². The summed E-state index contributed by atoms with van der Waals surface area (Å²) in [5.41, 5.74) is 2.20. The predicted octanol–water partition coefficient (Wildman–Crippen LogP) is 3.95. The lowest BCUT2D eigenvalue weighted by Crippen LogP contribution is -2.42. The molecule has 0 bridgehead atoms. The number of ketones is 1. The van der Waals surface area contributed by atoms with E-state index >= 15 is 0 Å². The number of amides is 1. The number of rotatable bonds is 10. The Morgan fingerprint density at radius 2 is 1.82 bits per heavy atom. The zero-order valence-corrected chi connectivity index (χ0v) is 23.5. The molecule has 3 aliphatic rings. The molecule has 9 nitrogen and oxygen atoms in total. The SMILES string of the molecule is CCCOc1ccc([C@H]2/C(=C(\O)c3ccc4c(c3)C[C@H](C)O4)C(=O)C(=O)N2CCN2CCOCC2)cc1OCC. The molecule has 2 atom stereocenters. The molecule has 3 aliphatic heterocycles. The van der Waals surface area contributed by atoms with Crippen molar-refractivity contribution in [2.75, 3.05) is 52.6 Å². The first-order valence-electron chi connectivity index (χ1n) is 14.2. The van der Waals surface area contributed by atoms with Crippen LogP contribution in [0, 0.1) is 0 Å². The summed E-state index contributed by atoms with van der Waals surface area (Å²) in [6, 6.07) is 10.1. The Balaban J connectivity index is 1.56. The van der Waals surface area contributed by atoms with Crippen molar-refractivity contribution in [3.8, 4) is 17.2 Å².